The van der Waals surface area contributed by atoms with Crippen LogP contribution in [0.1, 0.15) is 39.5 Å². The van der Waals surface area contributed by atoms with E-state index in [4.69, 9.17) is 5.73 Å². The van der Waals surface area contributed by atoms with Gasteiger partial charge in [0.1, 0.15) is 6.04 Å². The van der Waals surface area contributed by atoms with Crippen molar-refractivity contribution >= 4 is 13.8 Å². The van der Waals surface area contributed by atoms with E-state index < -0.39 is 11.6 Å². The number of carbonyl (C=O) groups is 1. The lowest BCUT2D eigenvalue weighted by Crippen LogP contribution is -2.62. The average molecular weight is 349 g/mol. The molecule has 1 amide bonds. The molecule has 3 aliphatic heterocycles. The van der Waals surface area contributed by atoms with Crippen LogP contribution in [0.2, 0.25) is 0 Å². The fourth-order valence-electron chi connectivity index (χ4n) is 5.97. The highest BCUT2D eigenvalue weighted by atomic mass is 31.1. The third-order valence-electron chi connectivity index (χ3n) is 6.59. The summed E-state index contributed by atoms with van der Waals surface area (Å²) in [5, 5.41) is 20.2. The molecule has 4 aliphatic rings. The second kappa shape index (κ2) is 5.40. The standard InChI is InChI=1S/C18H28N3O2P/c1-11-5-18(8-17(2,23)9-24(7-11)10-18)15(20)16(22)21-13(6-19)3-12-4-14(12)21/h11-15,23H,3-5,7-10,20H2,1-2H3. The van der Waals surface area contributed by atoms with Gasteiger partial charge in [-0.05, 0) is 62.9 Å². The number of fused-ring (bicyclic) bond motifs is 3. The Morgan fingerprint density at radius 2 is 2.21 bits per heavy atom. The molecule has 4 rings (SSSR count). The van der Waals surface area contributed by atoms with Gasteiger partial charge in [-0.25, -0.2) is 0 Å². The summed E-state index contributed by atoms with van der Waals surface area (Å²) in [7, 11) is -0.248. The predicted octanol–water partition coefficient (Wildman–Crippen LogP) is 1.49. The normalized spacial score (nSPS) is 50.8. The van der Waals surface area contributed by atoms with Crippen LogP contribution >= 0.6 is 7.92 Å². The zero-order valence-electron chi connectivity index (χ0n) is 14.6. The Morgan fingerprint density at radius 1 is 1.46 bits per heavy atom. The predicted molar refractivity (Wildman–Crippen MR) is 93.7 cm³/mol. The number of hydrogen-bond donors (Lipinski definition) is 2. The van der Waals surface area contributed by atoms with E-state index in [-0.39, 0.29) is 31.3 Å². The molecule has 0 radical (unpaired) electrons. The maximum absolute atomic E-state index is 13.2. The maximum atomic E-state index is 13.2. The molecule has 3 N–H and O–H groups in total. The Hall–Kier alpha value is -0.690. The van der Waals surface area contributed by atoms with Crippen LogP contribution in [0.4, 0.5) is 0 Å². The van der Waals surface area contributed by atoms with Gasteiger partial charge in [-0.2, -0.15) is 5.26 Å². The summed E-state index contributed by atoms with van der Waals surface area (Å²) >= 11 is 0. The second-order valence-electron chi connectivity index (χ2n) is 9.18. The summed E-state index contributed by atoms with van der Waals surface area (Å²) in [6, 6.07) is 1.67. The molecule has 2 bridgehead atoms. The van der Waals surface area contributed by atoms with Crippen molar-refractivity contribution in [1.29, 1.82) is 5.26 Å². The lowest BCUT2D eigenvalue weighted by atomic mass is 9.68. The van der Waals surface area contributed by atoms with Gasteiger partial charge in [0, 0.05) is 11.5 Å². The number of nitriles is 1. The molecule has 8 unspecified atom stereocenters. The van der Waals surface area contributed by atoms with Crippen LogP contribution in [0.25, 0.3) is 0 Å². The van der Waals surface area contributed by atoms with E-state index in [9.17, 15) is 15.2 Å². The average Bonchev–Trinajstić information content (AvgIpc) is 3.13. The van der Waals surface area contributed by atoms with Crippen molar-refractivity contribution < 1.29 is 9.90 Å². The fraction of sp³-hybridized carbons (Fsp3) is 0.889. The molecule has 24 heavy (non-hydrogen) atoms. The van der Waals surface area contributed by atoms with Crippen LogP contribution < -0.4 is 5.73 Å². The first kappa shape index (κ1) is 16.8. The number of piperidine rings is 1. The molecule has 3 saturated heterocycles. The minimum Gasteiger partial charge on any atom is -0.390 e. The van der Waals surface area contributed by atoms with Crippen molar-refractivity contribution in [3.05, 3.63) is 0 Å². The van der Waals surface area contributed by atoms with Crippen LogP contribution in [-0.2, 0) is 4.79 Å². The molecule has 132 valence electrons. The lowest BCUT2D eigenvalue weighted by Gasteiger charge is -2.55. The van der Waals surface area contributed by atoms with Gasteiger partial charge in [-0.15, -0.1) is 7.92 Å². The molecule has 1 saturated carbocycles. The smallest absolute Gasteiger partial charge is 0.241 e. The van der Waals surface area contributed by atoms with E-state index in [1.807, 2.05) is 6.92 Å². The first-order chi connectivity index (χ1) is 11.2. The Morgan fingerprint density at radius 3 is 2.92 bits per heavy atom. The first-order valence-corrected chi connectivity index (χ1v) is 11.1. The molecule has 0 aromatic rings. The largest absolute Gasteiger partial charge is 0.390 e. The van der Waals surface area contributed by atoms with Crippen LogP contribution in [0, 0.1) is 28.6 Å². The maximum Gasteiger partial charge on any atom is 0.241 e. The monoisotopic (exact) mass is 349 g/mol. The highest BCUT2D eigenvalue weighted by molar-refractivity contribution is 7.58. The van der Waals surface area contributed by atoms with E-state index in [1.54, 1.807) is 4.90 Å². The Labute approximate surface area is 145 Å². The molecule has 3 heterocycles. The number of rotatable bonds is 2. The molecule has 4 fully saturated rings. The van der Waals surface area contributed by atoms with Gasteiger partial charge in [0.2, 0.25) is 5.91 Å². The van der Waals surface area contributed by atoms with Crippen molar-refractivity contribution in [3.63, 3.8) is 0 Å². The number of aliphatic hydroxyl groups is 1. The zero-order chi connectivity index (χ0) is 17.3. The minimum atomic E-state index is -0.705. The number of nitrogens with two attached hydrogens (primary N) is 1. The van der Waals surface area contributed by atoms with Gasteiger partial charge in [0.15, 0.2) is 0 Å². The van der Waals surface area contributed by atoms with Crippen molar-refractivity contribution in [2.75, 3.05) is 18.5 Å². The third-order valence-corrected chi connectivity index (χ3v) is 9.94. The van der Waals surface area contributed by atoms with Crippen molar-refractivity contribution in [2.24, 2.45) is 23.0 Å². The molecule has 0 spiro atoms. The molecular weight excluding hydrogens is 321 g/mol. The number of likely N-dealkylation sites (tertiary alicyclic amines) is 1. The summed E-state index contributed by atoms with van der Waals surface area (Å²) < 4.78 is 0. The molecule has 5 nitrogen and oxygen atoms in total. The number of carbonyl (C=O) groups excluding carboxylic acids is 1. The summed E-state index contributed by atoms with van der Waals surface area (Å²) in [5.74, 6) is 1.05. The third kappa shape index (κ3) is 2.59. The van der Waals surface area contributed by atoms with E-state index >= 15 is 0 Å². The highest BCUT2D eigenvalue weighted by Crippen LogP contribution is 2.61. The van der Waals surface area contributed by atoms with Gasteiger partial charge < -0.3 is 15.7 Å². The van der Waals surface area contributed by atoms with Crippen LogP contribution in [0.5, 0.6) is 0 Å². The summed E-state index contributed by atoms with van der Waals surface area (Å²) in [6.07, 6.45) is 6.46. The molecule has 0 aromatic carbocycles. The summed E-state index contributed by atoms with van der Waals surface area (Å²) in [6.45, 7) is 4.17. The van der Waals surface area contributed by atoms with Crippen LogP contribution in [0.3, 0.4) is 0 Å². The Bertz CT molecular complexity index is 600. The van der Waals surface area contributed by atoms with Gasteiger partial charge >= 0.3 is 0 Å². The van der Waals surface area contributed by atoms with E-state index in [2.05, 4.69) is 13.0 Å². The van der Waals surface area contributed by atoms with E-state index in [0.29, 0.717) is 18.3 Å². The number of amides is 1. The van der Waals surface area contributed by atoms with E-state index in [1.165, 1.54) is 6.16 Å². The highest BCUT2D eigenvalue weighted by Gasteiger charge is 2.59. The number of hydrogen-bond acceptors (Lipinski definition) is 4. The summed E-state index contributed by atoms with van der Waals surface area (Å²) in [5.41, 5.74) is 5.61. The quantitative estimate of drug-likeness (QED) is 0.739. The number of nitrogens with zero attached hydrogens (tertiary/aromatic N) is 2. The fourth-order valence-corrected chi connectivity index (χ4v) is 9.75. The topological polar surface area (TPSA) is 90.3 Å². The first-order valence-electron chi connectivity index (χ1n) is 9.17. The SMILES string of the molecule is CC1CP2CC(C)(O)CC(C(N)C(=O)N3C(C#N)CC4CC43)(C1)C2. The van der Waals surface area contributed by atoms with Gasteiger partial charge in [-0.3, -0.25) is 4.79 Å². The van der Waals surface area contributed by atoms with Crippen LogP contribution in [0.15, 0.2) is 0 Å². The molecule has 6 heteroatoms. The minimum absolute atomic E-state index is 0.0340. The molecule has 0 aromatic heterocycles. The van der Waals surface area contributed by atoms with Crippen molar-refractivity contribution in [1.82, 2.24) is 4.90 Å². The second-order valence-corrected chi connectivity index (χ2v) is 11.5. The molecule has 8 atom stereocenters. The molecular formula is C18H28N3O2P. The van der Waals surface area contributed by atoms with Crippen LogP contribution in [-0.4, -0.2) is 58.1 Å². The zero-order valence-corrected chi connectivity index (χ0v) is 15.5. The van der Waals surface area contributed by atoms with Crippen molar-refractivity contribution in [3.8, 4) is 6.07 Å². The Kier molecular flexibility index (Phi) is 3.77. The summed E-state index contributed by atoms with van der Waals surface area (Å²) in [4.78, 5) is 15.0. The van der Waals surface area contributed by atoms with Gasteiger partial charge in [0.05, 0.1) is 17.7 Å². The molecule has 1 aliphatic carbocycles. The van der Waals surface area contributed by atoms with Gasteiger partial charge in [-0.1, -0.05) is 6.92 Å². The Balaban J connectivity index is 1.61. The lowest BCUT2D eigenvalue weighted by molar-refractivity contribution is -0.138. The van der Waals surface area contributed by atoms with Gasteiger partial charge in [0.25, 0.3) is 0 Å². The van der Waals surface area contributed by atoms with Crippen molar-refractivity contribution in [2.45, 2.75) is 63.3 Å². The van der Waals surface area contributed by atoms with E-state index in [0.717, 1.165) is 31.6 Å².